The zero-order valence-electron chi connectivity index (χ0n) is 7.64. The van der Waals surface area contributed by atoms with Crippen LogP contribution < -0.4 is 5.46 Å². The molecule has 0 saturated heterocycles. The van der Waals surface area contributed by atoms with E-state index in [-0.39, 0.29) is 0 Å². The molecule has 1 aliphatic carbocycles. The molecule has 0 aromatic heterocycles. The van der Waals surface area contributed by atoms with Gasteiger partial charge in [0.25, 0.3) is 0 Å². The minimum absolute atomic E-state index is 0.540. The Morgan fingerprint density at radius 2 is 1.92 bits per heavy atom. The average Bonchev–Trinajstić information content (AvgIpc) is 2.82. The molecule has 2 N–H and O–H groups in total. The fraction of sp³-hybridized carbons (Fsp3) is 0.400. The van der Waals surface area contributed by atoms with Crippen LogP contribution in [0.1, 0.15) is 24.8 Å². The highest BCUT2D eigenvalue weighted by Gasteiger charge is 2.36. The van der Waals surface area contributed by atoms with Crippen LogP contribution in [0.2, 0.25) is 0 Å². The van der Waals surface area contributed by atoms with Gasteiger partial charge in [-0.15, -0.1) is 0 Å². The lowest BCUT2D eigenvalue weighted by Gasteiger charge is -2.06. The molecule has 1 aliphatic rings. The first-order chi connectivity index (χ1) is 6.20. The summed E-state index contributed by atoms with van der Waals surface area (Å²) in [5.74, 6) is 1.23. The third-order valence-corrected chi connectivity index (χ3v) is 2.78. The van der Waals surface area contributed by atoms with Crippen molar-refractivity contribution in [3.63, 3.8) is 0 Å². The van der Waals surface area contributed by atoms with E-state index in [1.165, 1.54) is 6.42 Å². The Morgan fingerprint density at radius 3 is 2.46 bits per heavy atom. The summed E-state index contributed by atoms with van der Waals surface area (Å²) in [5.41, 5.74) is 1.77. The van der Waals surface area contributed by atoms with Crippen LogP contribution in [0.15, 0.2) is 24.3 Å². The van der Waals surface area contributed by atoms with Crippen LogP contribution in [0.4, 0.5) is 0 Å². The third kappa shape index (κ3) is 1.62. The maximum Gasteiger partial charge on any atom is 0.488 e. The van der Waals surface area contributed by atoms with E-state index in [9.17, 15) is 0 Å². The van der Waals surface area contributed by atoms with Gasteiger partial charge in [-0.2, -0.15) is 0 Å². The zero-order chi connectivity index (χ0) is 9.42. The monoisotopic (exact) mass is 176 g/mol. The van der Waals surface area contributed by atoms with E-state index in [1.54, 1.807) is 6.07 Å². The fourth-order valence-electron chi connectivity index (χ4n) is 1.84. The SMILES string of the molecule is CC1CC1c1ccccc1B(O)O. The maximum atomic E-state index is 9.12. The Morgan fingerprint density at radius 1 is 1.31 bits per heavy atom. The van der Waals surface area contributed by atoms with E-state index in [0.717, 1.165) is 5.56 Å². The predicted octanol–water partition coefficient (Wildman–Crippen LogP) is 0.490. The van der Waals surface area contributed by atoms with Gasteiger partial charge in [0.2, 0.25) is 0 Å². The van der Waals surface area contributed by atoms with Crippen LogP contribution in [-0.4, -0.2) is 17.2 Å². The predicted molar refractivity (Wildman–Crippen MR) is 52.8 cm³/mol. The largest absolute Gasteiger partial charge is 0.488 e. The second kappa shape index (κ2) is 3.16. The van der Waals surface area contributed by atoms with Crippen LogP contribution in [0.5, 0.6) is 0 Å². The van der Waals surface area contributed by atoms with Crippen LogP contribution in [0.25, 0.3) is 0 Å². The lowest BCUT2D eigenvalue weighted by molar-refractivity contribution is 0.425. The molecule has 2 unspecified atom stereocenters. The van der Waals surface area contributed by atoms with Crippen LogP contribution in [0.3, 0.4) is 0 Å². The first kappa shape index (κ1) is 8.79. The van der Waals surface area contributed by atoms with E-state index >= 15 is 0 Å². The van der Waals surface area contributed by atoms with Crippen molar-refractivity contribution in [2.75, 3.05) is 0 Å². The Bertz CT molecular complexity index is 312. The second-order valence-electron chi connectivity index (χ2n) is 3.82. The molecular formula is C10H13BO2. The van der Waals surface area contributed by atoms with Gasteiger partial charge in [0.05, 0.1) is 0 Å². The molecule has 68 valence electrons. The first-order valence-corrected chi connectivity index (χ1v) is 4.65. The second-order valence-corrected chi connectivity index (χ2v) is 3.82. The van der Waals surface area contributed by atoms with Crippen molar-refractivity contribution in [1.29, 1.82) is 0 Å². The number of benzene rings is 1. The van der Waals surface area contributed by atoms with Gasteiger partial charge in [-0.1, -0.05) is 31.2 Å². The minimum Gasteiger partial charge on any atom is -0.423 e. The van der Waals surface area contributed by atoms with Crippen molar-refractivity contribution in [2.24, 2.45) is 5.92 Å². The molecule has 2 nitrogen and oxygen atoms in total. The average molecular weight is 176 g/mol. The van der Waals surface area contributed by atoms with Gasteiger partial charge in [-0.05, 0) is 29.3 Å². The Hall–Kier alpha value is -0.795. The maximum absolute atomic E-state index is 9.12. The summed E-state index contributed by atoms with van der Waals surface area (Å²) >= 11 is 0. The van der Waals surface area contributed by atoms with Gasteiger partial charge in [-0.25, -0.2) is 0 Å². The number of hydrogen-bond donors (Lipinski definition) is 2. The molecule has 1 saturated carbocycles. The molecule has 2 atom stereocenters. The zero-order valence-corrected chi connectivity index (χ0v) is 7.64. The molecule has 13 heavy (non-hydrogen) atoms. The van der Waals surface area contributed by atoms with Gasteiger partial charge in [-0.3, -0.25) is 0 Å². The van der Waals surface area contributed by atoms with Gasteiger partial charge in [0, 0.05) is 0 Å². The third-order valence-electron chi connectivity index (χ3n) is 2.78. The van der Waals surface area contributed by atoms with Crippen LogP contribution in [0, 0.1) is 5.92 Å². The first-order valence-electron chi connectivity index (χ1n) is 4.65. The molecule has 3 heteroatoms. The van der Waals surface area contributed by atoms with Crippen molar-refractivity contribution >= 4 is 12.6 Å². The molecule has 0 radical (unpaired) electrons. The van der Waals surface area contributed by atoms with Crippen LogP contribution in [-0.2, 0) is 0 Å². The molecule has 0 bridgehead atoms. The molecule has 1 fully saturated rings. The molecule has 0 heterocycles. The summed E-state index contributed by atoms with van der Waals surface area (Å²) in [5, 5.41) is 18.2. The van der Waals surface area contributed by atoms with Crippen molar-refractivity contribution < 1.29 is 10.0 Å². The molecule has 1 aromatic rings. The van der Waals surface area contributed by atoms with Crippen molar-refractivity contribution in [3.8, 4) is 0 Å². The Balaban J connectivity index is 2.33. The van der Waals surface area contributed by atoms with E-state index in [2.05, 4.69) is 6.92 Å². The van der Waals surface area contributed by atoms with E-state index in [4.69, 9.17) is 10.0 Å². The van der Waals surface area contributed by atoms with Gasteiger partial charge in [0.15, 0.2) is 0 Å². The number of hydrogen-bond acceptors (Lipinski definition) is 2. The topological polar surface area (TPSA) is 40.5 Å². The quantitative estimate of drug-likeness (QED) is 0.643. The highest BCUT2D eigenvalue weighted by Crippen LogP contribution is 2.46. The standard InChI is InChI=1S/C10H13BO2/c1-7-6-9(7)8-4-2-3-5-10(8)11(12)13/h2-5,7,9,12-13H,6H2,1H3. The lowest BCUT2D eigenvalue weighted by Crippen LogP contribution is -2.32. The van der Waals surface area contributed by atoms with E-state index in [0.29, 0.717) is 17.3 Å². The minimum atomic E-state index is -1.33. The molecule has 0 amide bonds. The molecule has 0 spiro atoms. The number of rotatable bonds is 2. The van der Waals surface area contributed by atoms with Gasteiger partial charge in [0.1, 0.15) is 0 Å². The Labute approximate surface area is 78.4 Å². The highest BCUT2D eigenvalue weighted by molar-refractivity contribution is 6.59. The normalized spacial score (nSPS) is 25.8. The van der Waals surface area contributed by atoms with Crippen molar-refractivity contribution in [3.05, 3.63) is 29.8 Å². The van der Waals surface area contributed by atoms with Gasteiger partial charge >= 0.3 is 7.12 Å². The molecule has 0 aliphatic heterocycles. The van der Waals surface area contributed by atoms with Crippen molar-refractivity contribution in [2.45, 2.75) is 19.3 Å². The molecule has 2 rings (SSSR count). The summed E-state index contributed by atoms with van der Waals surface area (Å²) in [7, 11) is -1.33. The highest BCUT2D eigenvalue weighted by atomic mass is 16.4. The van der Waals surface area contributed by atoms with E-state index in [1.807, 2.05) is 18.2 Å². The van der Waals surface area contributed by atoms with Gasteiger partial charge < -0.3 is 10.0 Å². The van der Waals surface area contributed by atoms with Crippen molar-refractivity contribution in [1.82, 2.24) is 0 Å². The summed E-state index contributed by atoms with van der Waals surface area (Å²) in [6.07, 6.45) is 1.17. The summed E-state index contributed by atoms with van der Waals surface area (Å²) in [6, 6.07) is 7.56. The molecular weight excluding hydrogens is 163 g/mol. The molecule has 1 aromatic carbocycles. The lowest BCUT2D eigenvalue weighted by atomic mass is 9.76. The summed E-state index contributed by atoms with van der Waals surface area (Å²) in [4.78, 5) is 0. The fourth-order valence-corrected chi connectivity index (χ4v) is 1.84. The summed E-state index contributed by atoms with van der Waals surface area (Å²) in [6.45, 7) is 2.19. The van der Waals surface area contributed by atoms with E-state index < -0.39 is 7.12 Å². The Kier molecular flexibility index (Phi) is 2.14. The van der Waals surface area contributed by atoms with Crippen LogP contribution >= 0.6 is 0 Å². The summed E-state index contributed by atoms with van der Waals surface area (Å²) < 4.78 is 0. The smallest absolute Gasteiger partial charge is 0.423 e.